The zero-order valence-corrected chi connectivity index (χ0v) is 11.9. The van der Waals surface area contributed by atoms with Crippen molar-refractivity contribution >= 4 is 11.9 Å². The summed E-state index contributed by atoms with van der Waals surface area (Å²) >= 11 is 0. The zero-order chi connectivity index (χ0) is 14.5. The summed E-state index contributed by atoms with van der Waals surface area (Å²) in [7, 11) is 0. The Hall–Kier alpha value is -1.32. The molecule has 4 nitrogen and oxygen atoms in total. The summed E-state index contributed by atoms with van der Waals surface area (Å²) in [5.41, 5.74) is 0.0652. The van der Waals surface area contributed by atoms with Crippen LogP contribution < -0.4 is 0 Å². The van der Waals surface area contributed by atoms with Gasteiger partial charge in [-0.1, -0.05) is 6.58 Å². The molecule has 0 spiro atoms. The molecule has 4 fully saturated rings. The minimum absolute atomic E-state index is 0.130. The predicted molar refractivity (Wildman–Crippen MR) is 72.9 cm³/mol. The minimum Gasteiger partial charge on any atom is -0.481 e. The van der Waals surface area contributed by atoms with Crippen LogP contribution in [-0.4, -0.2) is 23.1 Å². The standard InChI is InChI=1S/C16H22O4/c1-9(2)15(19)20-14-12-4-10-3-11(5-12)7-16(14,6-10)8-13(17)18/h10-12,14H,1,3-8H2,2H3,(H,17,18). The molecule has 3 atom stereocenters. The summed E-state index contributed by atoms with van der Waals surface area (Å²) in [6.07, 6.45) is 5.12. The van der Waals surface area contributed by atoms with Gasteiger partial charge in [0.15, 0.2) is 0 Å². The lowest BCUT2D eigenvalue weighted by atomic mass is 9.47. The van der Waals surface area contributed by atoms with Crippen LogP contribution in [-0.2, 0) is 14.3 Å². The Morgan fingerprint density at radius 2 is 1.85 bits per heavy atom. The molecular formula is C16H22O4. The highest BCUT2D eigenvalue weighted by atomic mass is 16.5. The van der Waals surface area contributed by atoms with Crippen molar-refractivity contribution in [2.24, 2.45) is 23.2 Å². The Balaban J connectivity index is 1.87. The molecule has 0 amide bonds. The molecule has 20 heavy (non-hydrogen) atoms. The molecule has 4 saturated carbocycles. The molecule has 3 unspecified atom stereocenters. The summed E-state index contributed by atoms with van der Waals surface area (Å²) in [5.74, 6) is 0.470. The molecule has 1 N–H and O–H groups in total. The van der Waals surface area contributed by atoms with E-state index >= 15 is 0 Å². The van der Waals surface area contributed by atoms with E-state index in [4.69, 9.17) is 4.74 Å². The third-order valence-corrected chi connectivity index (χ3v) is 5.45. The van der Waals surface area contributed by atoms with Crippen LogP contribution >= 0.6 is 0 Å². The van der Waals surface area contributed by atoms with Gasteiger partial charge >= 0.3 is 11.9 Å². The Kier molecular flexibility index (Phi) is 3.14. The molecule has 4 bridgehead atoms. The highest BCUT2D eigenvalue weighted by molar-refractivity contribution is 5.87. The van der Waals surface area contributed by atoms with E-state index in [9.17, 15) is 14.7 Å². The highest BCUT2D eigenvalue weighted by Gasteiger charge is 2.59. The third-order valence-electron chi connectivity index (χ3n) is 5.45. The molecule has 0 aromatic heterocycles. The lowest BCUT2D eigenvalue weighted by Crippen LogP contribution is -2.58. The van der Waals surface area contributed by atoms with Gasteiger partial charge in [-0.25, -0.2) is 4.79 Å². The van der Waals surface area contributed by atoms with Crippen LogP contribution in [0.1, 0.15) is 45.4 Å². The van der Waals surface area contributed by atoms with Crippen molar-refractivity contribution in [3.05, 3.63) is 12.2 Å². The van der Waals surface area contributed by atoms with Gasteiger partial charge in [0.05, 0.1) is 6.42 Å². The maximum Gasteiger partial charge on any atom is 0.333 e. The van der Waals surface area contributed by atoms with Crippen molar-refractivity contribution in [2.75, 3.05) is 0 Å². The molecule has 4 rings (SSSR count). The number of carboxylic acid groups (broad SMARTS) is 1. The number of esters is 1. The van der Waals surface area contributed by atoms with Gasteiger partial charge in [0.25, 0.3) is 0 Å². The van der Waals surface area contributed by atoms with Gasteiger partial charge in [0.1, 0.15) is 6.10 Å². The Morgan fingerprint density at radius 1 is 1.25 bits per heavy atom. The van der Waals surface area contributed by atoms with Gasteiger partial charge in [-0.05, 0) is 56.8 Å². The summed E-state index contributed by atoms with van der Waals surface area (Å²) in [6.45, 7) is 5.27. The number of hydrogen-bond donors (Lipinski definition) is 1. The maximum absolute atomic E-state index is 11.9. The maximum atomic E-state index is 11.9. The fourth-order valence-electron chi connectivity index (χ4n) is 5.15. The van der Waals surface area contributed by atoms with Gasteiger partial charge in [0, 0.05) is 11.0 Å². The summed E-state index contributed by atoms with van der Waals surface area (Å²) in [5, 5.41) is 9.28. The first-order chi connectivity index (χ1) is 9.39. The second kappa shape index (κ2) is 4.61. The molecule has 110 valence electrons. The van der Waals surface area contributed by atoms with E-state index in [0.717, 1.165) is 25.7 Å². The number of carboxylic acids is 1. The first-order valence-corrected chi connectivity index (χ1v) is 7.48. The highest BCUT2D eigenvalue weighted by Crippen LogP contribution is 2.62. The van der Waals surface area contributed by atoms with Crippen LogP contribution in [0, 0.1) is 23.2 Å². The fourth-order valence-corrected chi connectivity index (χ4v) is 5.15. The molecule has 0 aromatic carbocycles. The van der Waals surface area contributed by atoms with Crippen molar-refractivity contribution < 1.29 is 19.4 Å². The van der Waals surface area contributed by atoms with Crippen molar-refractivity contribution in [1.82, 2.24) is 0 Å². The molecule has 0 aliphatic heterocycles. The van der Waals surface area contributed by atoms with Crippen LogP contribution in [0.5, 0.6) is 0 Å². The fraction of sp³-hybridized carbons (Fsp3) is 0.750. The van der Waals surface area contributed by atoms with Crippen LogP contribution in [0.25, 0.3) is 0 Å². The Labute approximate surface area is 119 Å². The first kappa shape index (κ1) is 13.7. The van der Waals surface area contributed by atoms with E-state index in [-0.39, 0.29) is 23.9 Å². The van der Waals surface area contributed by atoms with E-state index in [1.54, 1.807) is 6.92 Å². The molecule has 0 heterocycles. The zero-order valence-electron chi connectivity index (χ0n) is 11.9. The molecule has 4 heteroatoms. The molecule has 0 saturated heterocycles. The van der Waals surface area contributed by atoms with E-state index in [1.807, 2.05) is 0 Å². The second-order valence-corrected chi connectivity index (χ2v) is 7.15. The average molecular weight is 278 g/mol. The van der Waals surface area contributed by atoms with Gasteiger partial charge in [-0.2, -0.15) is 0 Å². The summed E-state index contributed by atoms with van der Waals surface area (Å²) in [4.78, 5) is 23.2. The number of carbonyl (C=O) groups is 2. The van der Waals surface area contributed by atoms with Gasteiger partial charge < -0.3 is 9.84 Å². The van der Waals surface area contributed by atoms with E-state index in [2.05, 4.69) is 6.58 Å². The molecule has 4 aliphatic carbocycles. The van der Waals surface area contributed by atoms with Crippen LogP contribution in [0.4, 0.5) is 0 Å². The molecule has 0 radical (unpaired) electrons. The quantitative estimate of drug-likeness (QED) is 0.634. The number of carbonyl (C=O) groups excluding carboxylic acids is 1. The first-order valence-electron chi connectivity index (χ1n) is 7.48. The summed E-state index contributed by atoms with van der Waals surface area (Å²) in [6, 6.07) is 0. The van der Waals surface area contributed by atoms with Gasteiger partial charge in [-0.15, -0.1) is 0 Å². The van der Waals surface area contributed by atoms with Crippen LogP contribution in [0.3, 0.4) is 0 Å². The van der Waals surface area contributed by atoms with Crippen LogP contribution in [0.15, 0.2) is 12.2 Å². The lowest BCUT2D eigenvalue weighted by molar-refractivity contribution is -0.196. The normalized spacial score (nSPS) is 41.5. The van der Waals surface area contributed by atoms with Crippen molar-refractivity contribution in [2.45, 2.75) is 51.6 Å². The SMILES string of the molecule is C=C(C)C(=O)OC1C2CC3CC(C2)CC1(CC(=O)O)C3. The topological polar surface area (TPSA) is 63.6 Å². The van der Waals surface area contributed by atoms with Gasteiger partial charge in [0.2, 0.25) is 0 Å². The molecule has 4 aliphatic rings. The van der Waals surface area contributed by atoms with E-state index in [0.29, 0.717) is 23.3 Å². The van der Waals surface area contributed by atoms with Crippen molar-refractivity contribution in [3.8, 4) is 0 Å². The van der Waals surface area contributed by atoms with E-state index in [1.165, 1.54) is 6.42 Å². The Bertz CT molecular complexity index is 453. The average Bonchev–Trinajstić information content (AvgIpc) is 2.31. The predicted octanol–water partition coefficient (Wildman–Crippen LogP) is 2.78. The monoisotopic (exact) mass is 278 g/mol. The second-order valence-electron chi connectivity index (χ2n) is 7.15. The van der Waals surface area contributed by atoms with Crippen molar-refractivity contribution in [1.29, 1.82) is 0 Å². The van der Waals surface area contributed by atoms with Crippen LogP contribution in [0.2, 0.25) is 0 Å². The van der Waals surface area contributed by atoms with Gasteiger partial charge in [-0.3, -0.25) is 4.79 Å². The molecular weight excluding hydrogens is 256 g/mol. The largest absolute Gasteiger partial charge is 0.481 e. The Morgan fingerprint density at radius 3 is 2.35 bits per heavy atom. The van der Waals surface area contributed by atoms with Crippen molar-refractivity contribution in [3.63, 3.8) is 0 Å². The summed E-state index contributed by atoms with van der Waals surface area (Å²) < 4.78 is 5.69. The smallest absolute Gasteiger partial charge is 0.333 e. The lowest BCUT2D eigenvalue weighted by Gasteiger charge is -2.59. The number of hydrogen-bond acceptors (Lipinski definition) is 3. The van der Waals surface area contributed by atoms with E-state index < -0.39 is 5.97 Å². The number of rotatable bonds is 4. The minimum atomic E-state index is -0.775. The molecule has 0 aromatic rings. The number of aliphatic carboxylic acids is 1. The third kappa shape index (κ3) is 2.15. The number of ether oxygens (including phenoxy) is 1.